The first kappa shape index (κ1) is 14.0. The molecule has 1 fully saturated rings. The molecule has 2 rings (SSSR count). The fraction of sp³-hybridized carbons (Fsp3) is 0.533. The molecule has 2 unspecified atom stereocenters. The van der Waals surface area contributed by atoms with Crippen LogP contribution in [-0.2, 0) is 4.79 Å². The molecule has 19 heavy (non-hydrogen) atoms. The van der Waals surface area contributed by atoms with Crippen molar-refractivity contribution >= 4 is 5.91 Å². The molecule has 0 saturated carbocycles. The number of aryl methyl sites for hydroxylation is 1. The number of nitrogens with zero attached hydrogens (tertiary/aromatic N) is 1. The normalized spacial score (nSPS) is 22.1. The number of hydrogen-bond acceptors (Lipinski definition) is 3. The lowest BCUT2D eigenvalue weighted by atomic mass is 9.94. The van der Waals surface area contributed by atoms with Gasteiger partial charge in [0.15, 0.2) is 0 Å². The second-order valence-electron chi connectivity index (χ2n) is 5.40. The van der Waals surface area contributed by atoms with Crippen LogP contribution in [0, 0.1) is 12.8 Å². The van der Waals surface area contributed by atoms with E-state index in [1.165, 1.54) is 11.1 Å². The molecule has 0 aliphatic carbocycles. The molecule has 1 saturated heterocycles. The second kappa shape index (κ2) is 6.17. The highest BCUT2D eigenvalue weighted by molar-refractivity contribution is 5.76. The van der Waals surface area contributed by atoms with E-state index in [-0.39, 0.29) is 17.9 Å². The number of carbonyl (C=O) groups is 1. The van der Waals surface area contributed by atoms with Crippen molar-refractivity contribution in [3.05, 3.63) is 35.4 Å². The Morgan fingerprint density at radius 3 is 2.68 bits per heavy atom. The van der Waals surface area contributed by atoms with Crippen LogP contribution in [0.15, 0.2) is 24.3 Å². The van der Waals surface area contributed by atoms with Crippen LogP contribution < -0.4 is 11.5 Å². The number of amides is 1. The molecule has 1 aliphatic rings. The van der Waals surface area contributed by atoms with Gasteiger partial charge in [-0.1, -0.05) is 29.8 Å². The number of carbonyl (C=O) groups excluding carboxylic acids is 1. The van der Waals surface area contributed by atoms with E-state index in [4.69, 9.17) is 11.5 Å². The lowest BCUT2D eigenvalue weighted by molar-refractivity contribution is -0.123. The van der Waals surface area contributed by atoms with Crippen molar-refractivity contribution in [3.8, 4) is 0 Å². The first-order chi connectivity index (χ1) is 9.11. The van der Waals surface area contributed by atoms with Crippen molar-refractivity contribution in [1.82, 2.24) is 4.90 Å². The monoisotopic (exact) mass is 261 g/mol. The molecule has 2 atom stereocenters. The molecule has 0 bridgehead atoms. The topological polar surface area (TPSA) is 72.3 Å². The van der Waals surface area contributed by atoms with Crippen LogP contribution in [0.3, 0.4) is 0 Å². The van der Waals surface area contributed by atoms with Crippen LogP contribution in [0.4, 0.5) is 0 Å². The first-order valence-corrected chi connectivity index (χ1v) is 6.92. The van der Waals surface area contributed by atoms with E-state index in [0.29, 0.717) is 6.54 Å². The number of primary amides is 1. The standard InChI is InChI=1S/C15H23N3O/c1-11-4-6-12(7-5-11)14(9-16)18-8-2-3-13(10-18)15(17)19/h4-7,13-14H,2-3,8-10,16H2,1H3,(H2,17,19). The SMILES string of the molecule is Cc1ccc(C(CN)N2CCCC(C(N)=O)C2)cc1. The van der Waals surface area contributed by atoms with E-state index >= 15 is 0 Å². The summed E-state index contributed by atoms with van der Waals surface area (Å²) in [5.74, 6) is -0.224. The molecule has 1 aromatic rings. The maximum atomic E-state index is 11.4. The minimum absolute atomic E-state index is 0.0340. The third-order valence-corrected chi connectivity index (χ3v) is 3.98. The lowest BCUT2D eigenvalue weighted by Crippen LogP contribution is -2.44. The number of nitrogens with two attached hydrogens (primary N) is 2. The summed E-state index contributed by atoms with van der Waals surface area (Å²) in [4.78, 5) is 13.7. The Kier molecular flexibility index (Phi) is 4.56. The van der Waals surface area contributed by atoms with Gasteiger partial charge in [-0.05, 0) is 31.9 Å². The number of piperidine rings is 1. The van der Waals surface area contributed by atoms with Crippen molar-refractivity contribution in [2.45, 2.75) is 25.8 Å². The van der Waals surface area contributed by atoms with Gasteiger partial charge in [0.1, 0.15) is 0 Å². The molecule has 1 aromatic carbocycles. The van der Waals surface area contributed by atoms with Gasteiger partial charge in [0.2, 0.25) is 5.91 Å². The predicted octanol–water partition coefficient (Wildman–Crippen LogP) is 1.19. The third kappa shape index (κ3) is 3.33. The third-order valence-electron chi connectivity index (χ3n) is 3.98. The van der Waals surface area contributed by atoms with Crippen molar-refractivity contribution in [2.75, 3.05) is 19.6 Å². The zero-order chi connectivity index (χ0) is 13.8. The zero-order valence-electron chi connectivity index (χ0n) is 11.5. The Labute approximate surface area is 114 Å². The summed E-state index contributed by atoms with van der Waals surface area (Å²) in [7, 11) is 0. The summed E-state index contributed by atoms with van der Waals surface area (Å²) < 4.78 is 0. The predicted molar refractivity (Wildman–Crippen MR) is 76.5 cm³/mol. The Morgan fingerprint density at radius 1 is 1.42 bits per heavy atom. The molecule has 104 valence electrons. The molecule has 0 radical (unpaired) electrons. The van der Waals surface area contributed by atoms with E-state index < -0.39 is 0 Å². The smallest absolute Gasteiger partial charge is 0.221 e. The maximum Gasteiger partial charge on any atom is 0.221 e. The highest BCUT2D eigenvalue weighted by Crippen LogP contribution is 2.26. The van der Waals surface area contributed by atoms with Crippen molar-refractivity contribution < 1.29 is 4.79 Å². The van der Waals surface area contributed by atoms with Crippen LogP contribution in [-0.4, -0.2) is 30.4 Å². The van der Waals surface area contributed by atoms with Crippen LogP contribution >= 0.6 is 0 Å². The van der Waals surface area contributed by atoms with Crippen molar-refractivity contribution in [3.63, 3.8) is 0 Å². The highest BCUT2D eigenvalue weighted by Gasteiger charge is 2.28. The second-order valence-corrected chi connectivity index (χ2v) is 5.40. The van der Waals surface area contributed by atoms with Crippen LogP contribution in [0.5, 0.6) is 0 Å². The molecule has 1 aliphatic heterocycles. The van der Waals surface area contributed by atoms with Crippen LogP contribution in [0.2, 0.25) is 0 Å². The fourth-order valence-corrected chi connectivity index (χ4v) is 2.81. The fourth-order valence-electron chi connectivity index (χ4n) is 2.81. The first-order valence-electron chi connectivity index (χ1n) is 6.92. The Balaban J connectivity index is 2.12. The molecular formula is C15H23N3O. The van der Waals surface area contributed by atoms with Crippen LogP contribution in [0.25, 0.3) is 0 Å². The van der Waals surface area contributed by atoms with Gasteiger partial charge < -0.3 is 11.5 Å². The number of hydrogen-bond donors (Lipinski definition) is 2. The summed E-state index contributed by atoms with van der Waals surface area (Å²) in [6, 6.07) is 8.64. The van der Waals surface area contributed by atoms with Gasteiger partial charge in [0, 0.05) is 19.1 Å². The van der Waals surface area contributed by atoms with Gasteiger partial charge in [-0.25, -0.2) is 0 Å². The highest BCUT2D eigenvalue weighted by atomic mass is 16.1. The number of likely N-dealkylation sites (tertiary alicyclic amines) is 1. The molecule has 4 heteroatoms. The van der Waals surface area contributed by atoms with Gasteiger partial charge in [-0.2, -0.15) is 0 Å². The quantitative estimate of drug-likeness (QED) is 0.855. The summed E-state index contributed by atoms with van der Waals surface area (Å²) >= 11 is 0. The Bertz CT molecular complexity index is 430. The van der Waals surface area contributed by atoms with Gasteiger partial charge in [0.05, 0.1) is 5.92 Å². The van der Waals surface area contributed by atoms with E-state index in [1.807, 2.05) is 0 Å². The van der Waals surface area contributed by atoms with E-state index in [1.54, 1.807) is 0 Å². The van der Waals surface area contributed by atoms with Gasteiger partial charge in [-0.3, -0.25) is 9.69 Å². The summed E-state index contributed by atoms with van der Waals surface area (Å²) in [5, 5.41) is 0. The molecule has 4 nitrogen and oxygen atoms in total. The van der Waals surface area contributed by atoms with E-state index in [2.05, 4.69) is 36.1 Å². The minimum atomic E-state index is -0.190. The van der Waals surface area contributed by atoms with Gasteiger partial charge in [0.25, 0.3) is 0 Å². The van der Waals surface area contributed by atoms with E-state index in [0.717, 1.165) is 25.9 Å². The molecular weight excluding hydrogens is 238 g/mol. The summed E-state index contributed by atoms with van der Waals surface area (Å²) in [5.41, 5.74) is 13.8. The molecule has 1 amide bonds. The van der Waals surface area contributed by atoms with Gasteiger partial charge >= 0.3 is 0 Å². The van der Waals surface area contributed by atoms with Gasteiger partial charge in [-0.15, -0.1) is 0 Å². The summed E-state index contributed by atoms with van der Waals surface area (Å²) in [6.07, 6.45) is 1.91. The zero-order valence-corrected chi connectivity index (χ0v) is 11.5. The number of rotatable bonds is 4. The largest absolute Gasteiger partial charge is 0.369 e. The molecule has 0 spiro atoms. The van der Waals surface area contributed by atoms with Crippen LogP contribution in [0.1, 0.15) is 30.0 Å². The average molecular weight is 261 g/mol. The molecule has 0 aromatic heterocycles. The summed E-state index contributed by atoms with van der Waals surface area (Å²) in [6.45, 7) is 4.35. The Hall–Kier alpha value is -1.39. The molecule has 4 N–H and O–H groups in total. The lowest BCUT2D eigenvalue weighted by Gasteiger charge is -2.37. The van der Waals surface area contributed by atoms with Crippen molar-refractivity contribution in [2.24, 2.45) is 17.4 Å². The van der Waals surface area contributed by atoms with Crippen molar-refractivity contribution in [1.29, 1.82) is 0 Å². The molecule has 1 heterocycles. The van der Waals surface area contributed by atoms with E-state index in [9.17, 15) is 4.79 Å². The Morgan fingerprint density at radius 2 is 2.11 bits per heavy atom. The number of benzene rings is 1. The average Bonchev–Trinajstić information content (AvgIpc) is 2.42. The minimum Gasteiger partial charge on any atom is -0.369 e. The maximum absolute atomic E-state index is 11.4.